The van der Waals surface area contributed by atoms with Crippen molar-refractivity contribution < 1.29 is 21.9 Å². The molecule has 1 N–H and O–H groups in total. The van der Waals surface area contributed by atoms with Gasteiger partial charge in [0.15, 0.2) is 9.84 Å². The first kappa shape index (κ1) is 22.4. The second-order valence-electron chi connectivity index (χ2n) is 8.45. The average Bonchev–Trinajstić information content (AvgIpc) is 2.97. The van der Waals surface area contributed by atoms with Crippen LogP contribution in [0.3, 0.4) is 0 Å². The fourth-order valence-electron chi connectivity index (χ4n) is 4.09. The quantitative estimate of drug-likeness (QED) is 0.689. The molecule has 1 aliphatic rings. The lowest BCUT2D eigenvalue weighted by molar-refractivity contribution is -0.114. The van der Waals surface area contributed by atoms with Gasteiger partial charge in [-0.3, -0.25) is 0 Å². The summed E-state index contributed by atoms with van der Waals surface area (Å²) >= 11 is 0. The molecule has 27 heavy (non-hydrogen) atoms. The van der Waals surface area contributed by atoms with Crippen molar-refractivity contribution in [3.63, 3.8) is 0 Å². The zero-order chi connectivity index (χ0) is 20.5. The van der Waals surface area contributed by atoms with Crippen LogP contribution < -0.4 is 0 Å². The second kappa shape index (κ2) is 7.83. The van der Waals surface area contributed by atoms with Crippen LogP contribution in [0, 0.1) is 11.3 Å². The van der Waals surface area contributed by atoms with Crippen LogP contribution in [0.5, 0.6) is 0 Å². The van der Waals surface area contributed by atoms with E-state index in [1.165, 1.54) is 17.0 Å². The molecule has 156 valence electrons. The van der Waals surface area contributed by atoms with Crippen molar-refractivity contribution in [2.75, 3.05) is 17.3 Å². The van der Waals surface area contributed by atoms with Crippen LogP contribution in [-0.4, -0.2) is 54.4 Å². The first-order valence-corrected chi connectivity index (χ1v) is 12.9. The Kier molecular flexibility index (Phi) is 6.48. The highest BCUT2D eigenvalue weighted by Crippen LogP contribution is 2.48. The molecule has 1 fully saturated rings. The number of hydrogen-bond acceptors (Lipinski definition) is 6. The van der Waals surface area contributed by atoms with Crippen LogP contribution in [0.15, 0.2) is 17.6 Å². The standard InChI is InChI=1S/C18H32N2O5S2/c1-5-6-12-26(22,23)13-15-8-7-9-17(2,3)18(15,21)14-27(24,25)16-19-10-11-20(16)4/h10-11,15,21H,5-9,12-14H2,1-4H3. The molecule has 1 aromatic rings. The SMILES string of the molecule is CCCCS(=O)(=O)CC1CCCC(C)(C)C1(O)CS(=O)(=O)c1nccn1C. The molecule has 0 saturated heterocycles. The van der Waals surface area contributed by atoms with Gasteiger partial charge in [0.05, 0.1) is 22.9 Å². The molecule has 0 bridgehead atoms. The van der Waals surface area contributed by atoms with Gasteiger partial charge in [-0.15, -0.1) is 0 Å². The van der Waals surface area contributed by atoms with Crippen molar-refractivity contribution in [1.29, 1.82) is 0 Å². The van der Waals surface area contributed by atoms with Gasteiger partial charge in [-0.25, -0.2) is 21.8 Å². The van der Waals surface area contributed by atoms with E-state index in [-0.39, 0.29) is 16.7 Å². The molecule has 2 rings (SSSR count). The Balaban J connectivity index is 2.38. The van der Waals surface area contributed by atoms with Crippen molar-refractivity contribution in [2.45, 2.75) is 63.6 Å². The van der Waals surface area contributed by atoms with Crippen LogP contribution in [0.4, 0.5) is 0 Å². The van der Waals surface area contributed by atoms with Gasteiger partial charge in [0.1, 0.15) is 0 Å². The normalized spacial score (nSPS) is 26.2. The highest BCUT2D eigenvalue weighted by Gasteiger charge is 2.55. The Labute approximate surface area is 163 Å². The molecule has 0 radical (unpaired) electrons. The van der Waals surface area contributed by atoms with Crippen LogP contribution in [0.25, 0.3) is 0 Å². The van der Waals surface area contributed by atoms with E-state index in [0.29, 0.717) is 19.3 Å². The maximum absolute atomic E-state index is 13.0. The number of sulfone groups is 2. The van der Waals surface area contributed by atoms with E-state index in [4.69, 9.17) is 0 Å². The van der Waals surface area contributed by atoms with Gasteiger partial charge >= 0.3 is 0 Å². The average molecular weight is 421 g/mol. The minimum absolute atomic E-state index is 0.0720. The molecule has 1 heterocycles. The van der Waals surface area contributed by atoms with E-state index >= 15 is 0 Å². The van der Waals surface area contributed by atoms with Gasteiger partial charge in [0, 0.05) is 25.4 Å². The zero-order valence-corrected chi connectivity index (χ0v) is 18.3. The lowest BCUT2D eigenvalue weighted by atomic mass is 9.61. The number of aryl methyl sites for hydroxylation is 1. The molecule has 0 amide bonds. The zero-order valence-electron chi connectivity index (χ0n) is 16.7. The number of aliphatic hydroxyl groups is 1. The summed E-state index contributed by atoms with van der Waals surface area (Å²) < 4.78 is 52.4. The highest BCUT2D eigenvalue weighted by atomic mass is 32.2. The summed E-state index contributed by atoms with van der Waals surface area (Å²) in [6.07, 6.45) is 6.19. The monoisotopic (exact) mass is 420 g/mol. The summed E-state index contributed by atoms with van der Waals surface area (Å²) in [6, 6.07) is 0. The molecule has 0 spiro atoms. The second-order valence-corrected chi connectivity index (χ2v) is 12.6. The highest BCUT2D eigenvalue weighted by molar-refractivity contribution is 7.91. The lowest BCUT2D eigenvalue weighted by Crippen LogP contribution is -2.59. The first-order valence-electron chi connectivity index (χ1n) is 9.47. The number of unbranched alkanes of at least 4 members (excludes halogenated alkanes) is 1. The van der Waals surface area contributed by atoms with E-state index in [1.54, 1.807) is 7.05 Å². The number of aromatic nitrogens is 2. The van der Waals surface area contributed by atoms with E-state index in [1.807, 2.05) is 20.8 Å². The number of rotatable bonds is 8. The van der Waals surface area contributed by atoms with Crippen LogP contribution in [0.1, 0.15) is 52.9 Å². The van der Waals surface area contributed by atoms with Gasteiger partial charge in [-0.1, -0.05) is 33.6 Å². The van der Waals surface area contributed by atoms with Crippen LogP contribution in [0.2, 0.25) is 0 Å². The van der Waals surface area contributed by atoms with Gasteiger partial charge in [-0.05, 0) is 24.7 Å². The minimum Gasteiger partial charge on any atom is -0.388 e. The summed E-state index contributed by atoms with van der Waals surface area (Å²) in [5, 5.41) is 11.5. The maximum atomic E-state index is 13.0. The molecule has 2 atom stereocenters. The molecule has 1 aromatic heterocycles. The molecule has 2 unspecified atom stereocenters. The van der Waals surface area contributed by atoms with E-state index < -0.39 is 42.4 Å². The first-order chi connectivity index (χ1) is 12.3. The molecule has 0 aliphatic heterocycles. The molecule has 9 heteroatoms. The Morgan fingerprint density at radius 2 is 1.96 bits per heavy atom. The van der Waals surface area contributed by atoms with Crippen molar-refractivity contribution in [1.82, 2.24) is 9.55 Å². The Morgan fingerprint density at radius 1 is 1.30 bits per heavy atom. The van der Waals surface area contributed by atoms with Gasteiger partial charge in [0.2, 0.25) is 15.0 Å². The number of nitrogens with zero attached hydrogens (tertiary/aromatic N) is 2. The minimum atomic E-state index is -3.88. The van der Waals surface area contributed by atoms with Gasteiger partial charge in [-0.2, -0.15) is 0 Å². The maximum Gasteiger partial charge on any atom is 0.227 e. The van der Waals surface area contributed by atoms with Gasteiger partial charge in [0.25, 0.3) is 0 Å². The fourth-order valence-corrected chi connectivity index (χ4v) is 8.10. The molecule has 1 aliphatic carbocycles. The Bertz CT molecular complexity index is 858. The van der Waals surface area contributed by atoms with E-state index in [2.05, 4.69) is 4.98 Å². The molecule has 1 saturated carbocycles. The Morgan fingerprint density at radius 3 is 2.52 bits per heavy atom. The van der Waals surface area contributed by atoms with Crippen LogP contribution >= 0.6 is 0 Å². The fraction of sp³-hybridized carbons (Fsp3) is 0.833. The van der Waals surface area contributed by atoms with E-state index in [0.717, 1.165) is 12.8 Å². The number of imidazole rings is 1. The van der Waals surface area contributed by atoms with Crippen molar-refractivity contribution in [3.8, 4) is 0 Å². The predicted octanol–water partition coefficient (Wildman–Crippen LogP) is 1.97. The summed E-state index contributed by atoms with van der Waals surface area (Å²) in [6.45, 7) is 5.58. The third-order valence-electron chi connectivity index (χ3n) is 5.93. The van der Waals surface area contributed by atoms with Crippen molar-refractivity contribution in [3.05, 3.63) is 12.4 Å². The van der Waals surface area contributed by atoms with Crippen LogP contribution in [-0.2, 0) is 26.7 Å². The molecule has 0 aromatic carbocycles. The molecule has 7 nitrogen and oxygen atoms in total. The third-order valence-corrected chi connectivity index (χ3v) is 9.52. The predicted molar refractivity (Wildman–Crippen MR) is 105 cm³/mol. The van der Waals surface area contributed by atoms with Crippen molar-refractivity contribution >= 4 is 19.7 Å². The molecular weight excluding hydrogens is 388 g/mol. The summed E-state index contributed by atoms with van der Waals surface area (Å²) in [7, 11) is -5.65. The van der Waals surface area contributed by atoms with E-state index in [9.17, 15) is 21.9 Å². The van der Waals surface area contributed by atoms with Gasteiger partial charge < -0.3 is 9.67 Å². The smallest absolute Gasteiger partial charge is 0.227 e. The topological polar surface area (TPSA) is 106 Å². The largest absolute Gasteiger partial charge is 0.388 e. The third kappa shape index (κ3) is 4.74. The summed E-state index contributed by atoms with van der Waals surface area (Å²) in [4.78, 5) is 3.92. The summed E-state index contributed by atoms with van der Waals surface area (Å²) in [5.74, 6) is -1.24. The van der Waals surface area contributed by atoms with Crippen molar-refractivity contribution in [2.24, 2.45) is 18.4 Å². The number of hydrogen-bond donors (Lipinski definition) is 1. The molecular formula is C18H32N2O5S2. The Hall–Kier alpha value is -0.930. The summed E-state index contributed by atoms with van der Waals surface area (Å²) in [5.41, 5.74) is -2.34. The lowest BCUT2D eigenvalue weighted by Gasteiger charge is -2.51.